The molecule has 1 aromatic heterocycles. The zero-order valence-corrected chi connectivity index (χ0v) is 15.2. The fourth-order valence-corrected chi connectivity index (χ4v) is 3.29. The van der Waals surface area contributed by atoms with Gasteiger partial charge in [-0.2, -0.15) is 5.10 Å². The molecule has 3 rings (SSSR count). The van der Waals surface area contributed by atoms with Gasteiger partial charge >= 0.3 is 0 Å². The van der Waals surface area contributed by atoms with Crippen LogP contribution in [0.25, 0.3) is 10.1 Å². The number of carbonyl (C=O) groups excluding carboxylic acids is 2. The first-order valence-electron chi connectivity index (χ1n) is 8.02. The van der Waals surface area contributed by atoms with Gasteiger partial charge in [0.25, 0.3) is 11.8 Å². The first-order valence-corrected chi connectivity index (χ1v) is 8.84. The lowest BCUT2D eigenvalue weighted by atomic mass is 10.2. The van der Waals surface area contributed by atoms with Gasteiger partial charge in [-0.15, -0.1) is 11.3 Å². The molecule has 27 heavy (non-hydrogen) atoms. The summed E-state index contributed by atoms with van der Waals surface area (Å²) in [7, 11) is 1.39. The maximum absolute atomic E-state index is 12.1. The number of nitrogens with zero attached hydrogens (tertiary/aromatic N) is 1. The standard InChI is InChI=1S/C19H17N3O4S/c1-26-16-9-13(6-7-15(16)23)19(25)20-11-18(24)22-21-10-14-8-12-4-2-3-5-17(12)27-14/h2-10,23H,11H2,1H3,(H,20,25)(H,22,24)/b21-10+. The molecule has 0 aliphatic heterocycles. The van der Waals surface area contributed by atoms with E-state index in [-0.39, 0.29) is 23.6 Å². The Labute approximate surface area is 159 Å². The number of thiophene rings is 1. The first kappa shape index (κ1) is 18.4. The van der Waals surface area contributed by atoms with Gasteiger partial charge in [-0.25, -0.2) is 5.43 Å². The van der Waals surface area contributed by atoms with Gasteiger partial charge in [0, 0.05) is 15.1 Å². The predicted octanol–water partition coefficient (Wildman–Crippen LogP) is 2.50. The van der Waals surface area contributed by atoms with Gasteiger partial charge in [-0.05, 0) is 35.7 Å². The number of nitrogens with one attached hydrogen (secondary N) is 2. The molecule has 0 atom stereocenters. The Morgan fingerprint density at radius 3 is 2.81 bits per heavy atom. The Morgan fingerprint density at radius 1 is 1.22 bits per heavy atom. The average molecular weight is 383 g/mol. The Bertz CT molecular complexity index is 980. The van der Waals surface area contributed by atoms with Crippen molar-refractivity contribution >= 4 is 39.5 Å². The molecule has 2 amide bonds. The Hall–Kier alpha value is -3.39. The number of phenolic OH excluding ortho intramolecular Hbond substituents is 1. The number of ether oxygens (including phenoxy) is 1. The number of methoxy groups -OCH3 is 1. The van der Waals surface area contributed by atoms with E-state index in [1.807, 2.05) is 30.3 Å². The van der Waals surface area contributed by atoms with Crippen molar-refractivity contribution < 1.29 is 19.4 Å². The van der Waals surface area contributed by atoms with Crippen LogP contribution in [-0.4, -0.2) is 36.8 Å². The summed E-state index contributed by atoms with van der Waals surface area (Å²) in [6.45, 7) is -0.230. The number of rotatable bonds is 6. The number of amides is 2. The van der Waals surface area contributed by atoms with Gasteiger partial charge in [0.15, 0.2) is 11.5 Å². The number of benzene rings is 2. The number of carbonyl (C=O) groups is 2. The van der Waals surface area contributed by atoms with Gasteiger partial charge in [0.1, 0.15) is 0 Å². The SMILES string of the molecule is COc1cc(C(=O)NCC(=O)N/N=C/c2cc3ccccc3s2)ccc1O. The van der Waals surface area contributed by atoms with Crippen molar-refractivity contribution in [3.8, 4) is 11.5 Å². The normalized spacial score (nSPS) is 10.9. The fourth-order valence-electron chi connectivity index (χ4n) is 2.35. The Balaban J connectivity index is 1.51. The lowest BCUT2D eigenvalue weighted by Crippen LogP contribution is -2.34. The molecule has 0 saturated carbocycles. The van der Waals surface area contributed by atoms with Crippen molar-refractivity contribution in [1.82, 2.24) is 10.7 Å². The second-order valence-corrected chi connectivity index (χ2v) is 6.66. The molecule has 3 aromatic rings. The van der Waals surface area contributed by atoms with Gasteiger partial charge in [-0.3, -0.25) is 9.59 Å². The van der Waals surface area contributed by atoms with Crippen molar-refractivity contribution in [1.29, 1.82) is 0 Å². The van der Waals surface area contributed by atoms with Crippen molar-refractivity contribution in [3.63, 3.8) is 0 Å². The summed E-state index contributed by atoms with van der Waals surface area (Å²) in [5.41, 5.74) is 2.64. The number of hydrazone groups is 1. The number of hydrogen-bond acceptors (Lipinski definition) is 6. The van der Waals surface area contributed by atoms with Crippen molar-refractivity contribution in [3.05, 3.63) is 59.0 Å². The van der Waals surface area contributed by atoms with Crippen LogP contribution in [0.1, 0.15) is 15.2 Å². The Kier molecular flexibility index (Phi) is 5.68. The molecule has 7 nitrogen and oxygen atoms in total. The third-order valence-corrected chi connectivity index (χ3v) is 4.73. The van der Waals surface area contributed by atoms with E-state index >= 15 is 0 Å². The maximum atomic E-state index is 12.1. The number of fused-ring (bicyclic) bond motifs is 1. The van der Waals surface area contributed by atoms with Crippen molar-refractivity contribution in [2.45, 2.75) is 0 Å². The van der Waals surface area contributed by atoms with Crippen LogP contribution >= 0.6 is 11.3 Å². The molecule has 0 aliphatic carbocycles. The molecule has 138 valence electrons. The van der Waals surface area contributed by atoms with E-state index in [1.54, 1.807) is 17.6 Å². The lowest BCUT2D eigenvalue weighted by Gasteiger charge is -2.07. The second-order valence-electron chi connectivity index (χ2n) is 5.55. The van der Waals surface area contributed by atoms with E-state index in [0.717, 1.165) is 15.0 Å². The van der Waals surface area contributed by atoms with E-state index < -0.39 is 11.8 Å². The first-order chi connectivity index (χ1) is 13.1. The fraction of sp³-hybridized carbons (Fsp3) is 0.105. The number of phenols is 1. The molecule has 0 aliphatic rings. The molecular formula is C19H17N3O4S. The molecule has 3 N–H and O–H groups in total. The largest absolute Gasteiger partial charge is 0.504 e. The van der Waals surface area contributed by atoms with E-state index in [9.17, 15) is 14.7 Å². The molecule has 0 radical (unpaired) electrons. The van der Waals surface area contributed by atoms with E-state index in [1.165, 1.54) is 25.3 Å². The summed E-state index contributed by atoms with van der Waals surface area (Å²) >= 11 is 1.57. The Morgan fingerprint density at radius 2 is 2.04 bits per heavy atom. The third kappa shape index (κ3) is 4.62. The average Bonchev–Trinajstić information content (AvgIpc) is 3.09. The van der Waals surface area contributed by atoms with Crippen LogP contribution in [0.4, 0.5) is 0 Å². The summed E-state index contributed by atoms with van der Waals surface area (Å²) in [6, 6.07) is 14.1. The summed E-state index contributed by atoms with van der Waals surface area (Å²) < 4.78 is 6.09. The van der Waals surface area contributed by atoms with Crippen LogP contribution in [0.5, 0.6) is 11.5 Å². The minimum absolute atomic E-state index is 0.0673. The highest BCUT2D eigenvalue weighted by atomic mass is 32.1. The van der Waals surface area contributed by atoms with Gasteiger partial charge in [0.05, 0.1) is 19.9 Å². The molecule has 2 aromatic carbocycles. The molecule has 8 heteroatoms. The highest BCUT2D eigenvalue weighted by Gasteiger charge is 2.11. The maximum Gasteiger partial charge on any atom is 0.259 e. The van der Waals surface area contributed by atoms with E-state index in [4.69, 9.17) is 4.74 Å². The minimum Gasteiger partial charge on any atom is -0.504 e. The van der Waals surface area contributed by atoms with Crippen LogP contribution in [0.3, 0.4) is 0 Å². The lowest BCUT2D eigenvalue weighted by molar-refractivity contribution is -0.120. The quantitative estimate of drug-likeness (QED) is 0.450. The number of aromatic hydroxyl groups is 1. The topological polar surface area (TPSA) is 100 Å². The highest BCUT2D eigenvalue weighted by Crippen LogP contribution is 2.26. The van der Waals surface area contributed by atoms with Crippen LogP contribution in [0.2, 0.25) is 0 Å². The molecule has 0 fully saturated rings. The summed E-state index contributed by atoms with van der Waals surface area (Å²) in [4.78, 5) is 24.8. The highest BCUT2D eigenvalue weighted by molar-refractivity contribution is 7.20. The van der Waals surface area contributed by atoms with Gasteiger partial charge in [0.2, 0.25) is 0 Å². The van der Waals surface area contributed by atoms with E-state index in [0.29, 0.717) is 0 Å². The van der Waals surface area contributed by atoms with Crippen molar-refractivity contribution in [2.75, 3.05) is 13.7 Å². The molecule has 1 heterocycles. The molecule has 0 saturated heterocycles. The van der Waals surface area contributed by atoms with Gasteiger partial charge in [-0.1, -0.05) is 18.2 Å². The minimum atomic E-state index is -0.461. The molecule has 0 bridgehead atoms. The monoisotopic (exact) mass is 383 g/mol. The summed E-state index contributed by atoms with van der Waals surface area (Å²) in [5.74, 6) is -0.800. The third-order valence-electron chi connectivity index (χ3n) is 3.68. The van der Waals surface area contributed by atoms with Crippen molar-refractivity contribution in [2.24, 2.45) is 5.10 Å². The van der Waals surface area contributed by atoms with Crippen LogP contribution < -0.4 is 15.5 Å². The predicted molar refractivity (Wildman–Crippen MR) is 105 cm³/mol. The zero-order valence-electron chi connectivity index (χ0n) is 14.4. The van der Waals surface area contributed by atoms with Crippen LogP contribution in [-0.2, 0) is 4.79 Å². The van der Waals surface area contributed by atoms with Crippen LogP contribution in [0.15, 0.2) is 53.6 Å². The van der Waals surface area contributed by atoms with Crippen LogP contribution in [0, 0.1) is 0 Å². The molecule has 0 spiro atoms. The second kappa shape index (κ2) is 8.33. The van der Waals surface area contributed by atoms with Gasteiger partial charge < -0.3 is 15.2 Å². The molecular weight excluding hydrogens is 366 g/mol. The summed E-state index contributed by atoms with van der Waals surface area (Å²) in [5, 5.41) is 17.0. The number of hydrogen-bond donors (Lipinski definition) is 3. The molecule has 0 unspecified atom stereocenters. The summed E-state index contributed by atoms with van der Waals surface area (Å²) in [6.07, 6.45) is 1.56. The smallest absolute Gasteiger partial charge is 0.259 e. The van der Waals surface area contributed by atoms with E-state index in [2.05, 4.69) is 15.8 Å². The zero-order chi connectivity index (χ0) is 19.2.